The molecule has 2 heterocycles. The van der Waals surface area contributed by atoms with E-state index in [9.17, 15) is 21.6 Å². The van der Waals surface area contributed by atoms with Crippen LogP contribution in [0.3, 0.4) is 0 Å². The summed E-state index contributed by atoms with van der Waals surface area (Å²) in [4.78, 5) is 14.8. The van der Waals surface area contributed by atoms with E-state index in [2.05, 4.69) is 4.72 Å². The molecule has 2 aliphatic rings. The number of benzene rings is 1. The van der Waals surface area contributed by atoms with E-state index in [4.69, 9.17) is 4.74 Å². The second kappa shape index (κ2) is 9.09. The predicted octanol–water partition coefficient (Wildman–Crippen LogP) is 0.251. The fraction of sp³-hybridized carbons (Fsp3) is 0.611. The standard InChI is InChI=1S/C18H27N3O6S2/c1-28(23,24)19-14-16-6-2-3-8-21(16)18(22)15-5-4-7-17(13-15)29(25,26)20-9-11-27-12-10-20/h4-5,7,13,16,19H,2-3,6,8-12,14H2,1H3/t16-/m0/s1. The molecule has 9 nitrogen and oxygen atoms in total. The van der Waals surface area contributed by atoms with Gasteiger partial charge < -0.3 is 9.64 Å². The van der Waals surface area contributed by atoms with Crippen molar-refractivity contribution in [2.45, 2.75) is 30.2 Å². The number of likely N-dealkylation sites (tertiary alicyclic amines) is 1. The molecule has 0 saturated carbocycles. The molecule has 0 radical (unpaired) electrons. The summed E-state index contributed by atoms with van der Waals surface area (Å²) < 4.78 is 57.7. The second-order valence-corrected chi connectivity index (χ2v) is 11.1. The van der Waals surface area contributed by atoms with Crippen molar-refractivity contribution >= 4 is 26.0 Å². The summed E-state index contributed by atoms with van der Waals surface area (Å²) in [6.07, 6.45) is 3.51. The van der Waals surface area contributed by atoms with Crippen LogP contribution in [-0.2, 0) is 24.8 Å². The van der Waals surface area contributed by atoms with Crippen molar-refractivity contribution in [3.8, 4) is 0 Å². The summed E-state index contributed by atoms with van der Waals surface area (Å²) >= 11 is 0. The molecule has 2 fully saturated rings. The molecule has 3 rings (SSSR count). The Kier molecular flexibility index (Phi) is 6.94. The number of amides is 1. The van der Waals surface area contributed by atoms with Crippen LogP contribution >= 0.6 is 0 Å². The Balaban J connectivity index is 1.80. The van der Waals surface area contributed by atoms with E-state index in [1.54, 1.807) is 17.0 Å². The zero-order valence-electron chi connectivity index (χ0n) is 16.4. The van der Waals surface area contributed by atoms with Gasteiger partial charge >= 0.3 is 0 Å². The number of sulfonamides is 2. The normalized spacial score (nSPS) is 21.8. The van der Waals surface area contributed by atoms with Gasteiger partial charge in [-0.05, 0) is 37.5 Å². The highest BCUT2D eigenvalue weighted by Gasteiger charge is 2.30. The van der Waals surface area contributed by atoms with Gasteiger partial charge in [-0.3, -0.25) is 4.79 Å². The van der Waals surface area contributed by atoms with Crippen LogP contribution < -0.4 is 4.72 Å². The van der Waals surface area contributed by atoms with Crippen LogP contribution in [0.25, 0.3) is 0 Å². The summed E-state index contributed by atoms with van der Waals surface area (Å²) in [5.41, 5.74) is 0.283. The van der Waals surface area contributed by atoms with Crippen LogP contribution in [0.5, 0.6) is 0 Å². The molecule has 2 aliphatic heterocycles. The molecule has 29 heavy (non-hydrogen) atoms. The third-order valence-corrected chi connectivity index (χ3v) is 7.74. The Morgan fingerprint density at radius 3 is 2.55 bits per heavy atom. The first kappa shape index (κ1) is 22.2. The topological polar surface area (TPSA) is 113 Å². The number of nitrogens with one attached hydrogen (secondary N) is 1. The van der Waals surface area contributed by atoms with Gasteiger partial charge in [-0.15, -0.1) is 0 Å². The highest BCUT2D eigenvalue weighted by atomic mass is 32.2. The highest BCUT2D eigenvalue weighted by Crippen LogP contribution is 2.23. The van der Waals surface area contributed by atoms with Crippen LogP contribution in [0.2, 0.25) is 0 Å². The zero-order valence-corrected chi connectivity index (χ0v) is 18.0. The number of piperidine rings is 1. The van der Waals surface area contributed by atoms with Gasteiger partial charge in [-0.1, -0.05) is 6.07 Å². The summed E-state index contributed by atoms with van der Waals surface area (Å²) in [7, 11) is -7.06. The van der Waals surface area contributed by atoms with Crippen LogP contribution in [0.15, 0.2) is 29.2 Å². The minimum Gasteiger partial charge on any atom is -0.379 e. The van der Waals surface area contributed by atoms with Crippen molar-refractivity contribution in [1.29, 1.82) is 0 Å². The Morgan fingerprint density at radius 2 is 1.86 bits per heavy atom. The second-order valence-electron chi connectivity index (χ2n) is 7.31. The van der Waals surface area contributed by atoms with Crippen LogP contribution in [-0.4, -0.2) is 83.6 Å². The lowest BCUT2D eigenvalue weighted by atomic mass is 10.0. The quantitative estimate of drug-likeness (QED) is 0.672. The van der Waals surface area contributed by atoms with E-state index in [-0.39, 0.29) is 42.0 Å². The lowest BCUT2D eigenvalue weighted by molar-refractivity contribution is 0.0618. The number of ether oxygens (including phenoxy) is 1. The maximum atomic E-state index is 13.1. The molecule has 0 bridgehead atoms. The average molecular weight is 446 g/mol. The Morgan fingerprint density at radius 1 is 1.14 bits per heavy atom. The van der Waals surface area contributed by atoms with Gasteiger partial charge in [-0.25, -0.2) is 21.6 Å². The number of rotatable bonds is 6. The molecule has 162 valence electrons. The molecule has 1 aromatic rings. The summed E-state index contributed by atoms with van der Waals surface area (Å²) in [6, 6.07) is 5.79. The first-order valence-corrected chi connectivity index (χ1v) is 13.0. The highest BCUT2D eigenvalue weighted by molar-refractivity contribution is 7.89. The molecule has 1 amide bonds. The SMILES string of the molecule is CS(=O)(=O)NC[C@@H]1CCCCN1C(=O)c1cccc(S(=O)(=O)N2CCOCC2)c1. The maximum Gasteiger partial charge on any atom is 0.254 e. The molecule has 2 saturated heterocycles. The van der Waals surface area contributed by atoms with Crippen molar-refractivity contribution < 1.29 is 26.4 Å². The zero-order chi connectivity index (χ0) is 21.1. The molecule has 0 unspecified atom stereocenters. The lowest BCUT2D eigenvalue weighted by Crippen LogP contribution is -2.49. The van der Waals surface area contributed by atoms with Gasteiger partial charge in [0, 0.05) is 37.8 Å². The third-order valence-electron chi connectivity index (χ3n) is 5.16. The van der Waals surface area contributed by atoms with Crippen molar-refractivity contribution in [3.05, 3.63) is 29.8 Å². The first-order valence-electron chi connectivity index (χ1n) is 9.62. The number of nitrogens with zero attached hydrogens (tertiary/aromatic N) is 2. The van der Waals surface area contributed by atoms with Gasteiger partial charge in [0.2, 0.25) is 20.0 Å². The molecule has 0 spiro atoms. The number of morpholine rings is 1. The van der Waals surface area contributed by atoms with E-state index >= 15 is 0 Å². The summed E-state index contributed by atoms with van der Waals surface area (Å²) in [5.74, 6) is -0.288. The van der Waals surface area contributed by atoms with Crippen molar-refractivity contribution in [2.75, 3.05) is 45.6 Å². The van der Waals surface area contributed by atoms with Gasteiger partial charge in [0.05, 0.1) is 24.4 Å². The van der Waals surface area contributed by atoms with E-state index in [0.717, 1.165) is 19.1 Å². The Hall–Kier alpha value is -1.53. The van der Waals surface area contributed by atoms with E-state index < -0.39 is 20.0 Å². The van der Waals surface area contributed by atoms with Gasteiger partial charge in [0.25, 0.3) is 5.91 Å². The van der Waals surface area contributed by atoms with Crippen molar-refractivity contribution in [3.63, 3.8) is 0 Å². The predicted molar refractivity (Wildman–Crippen MR) is 108 cm³/mol. The van der Waals surface area contributed by atoms with Crippen LogP contribution in [0.4, 0.5) is 0 Å². The third kappa shape index (κ3) is 5.54. The minimum atomic E-state index is -3.70. The molecule has 1 atom stereocenters. The fourth-order valence-electron chi connectivity index (χ4n) is 3.62. The average Bonchev–Trinajstić information content (AvgIpc) is 2.72. The smallest absolute Gasteiger partial charge is 0.254 e. The van der Waals surface area contributed by atoms with Gasteiger partial charge in [-0.2, -0.15) is 4.31 Å². The molecule has 11 heteroatoms. The van der Waals surface area contributed by atoms with Crippen molar-refractivity contribution in [2.24, 2.45) is 0 Å². The Bertz CT molecular complexity index is 942. The largest absolute Gasteiger partial charge is 0.379 e. The van der Waals surface area contributed by atoms with Crippen molar-refractivity contribution in [1.82, 2.24) is 13.9 Å². The van der Waals surface area contributed by atoms with Crippen LogP contribution in [0, 0.1) is 0 Å². The maximum absolute atomic E-state index is 13.1. The Labute approximate surface area is 172 Å². The minimum absolute atomic E-state index is 0.0769. The van der Waals surface area contributed by atoms with Crippen LogP contribution in [0.1, 0.15) is 29.6 Å². The summed E-state index contributed by atoms with van der Waals surface area (Å²) in [5, 5.41) is 0. The molecule has 0 aromatic heterocycles. The molecular formula is C18H27N3O6S2. The fourth-order valence-corrected chi connectivity index (χ4v) is 5.57. The lowest BCUT2D eigenvalue weighted by Gasteiger charge is -2.36. The first-order chi connectivity index (χ1) is 13.7. The number of carbonyl (C=O) groups is 1. The molecular weight excluding hydrogens is 418 g/mol. The van der Waals surface area contributed by atoms with E-state index in [1.165, 1.54) is 16.4 Å². The number of hydrogen-bond acceptors (Lipinski definition) is 6. The van der Waals surface area contributed by atoms with E-state index in [0.29, 0.717) is 26.2 Å². The molecule has 1 aromatic carbocycles. The van der Waals surface area contributed by atoms with E-state index in [1.807, 2.05) is 0 Å². The number of hydrogen-bond donors (Lipinski definition) is 1. The van der Waals surface area contributed by atoms with Gasteiger partial charge in [0.1, 0.15) is 0 Å². The molecule has 0 aliphatic carbocycles. The molecule has 1 N–H and O–H groups in total. The number of carbonyl (C=O) groups excluding carboxylic acids is 1. The van der Waals surface area contributed by atoms with Gasteiger partial charge in [0.15, 0.2) is 0 Å². The monoisotopic (exact) mass is 445 g/mol. The summed E-state index contributed by atoms with van der Waals surface area (Å²) in [6.45, 7) is 1.92.